The number of fused-ring (bicyclic) bond motifs is 1. The summed E-state index contributed by atoms with van der Waals surface area (Å²) in [6, 6.07) is 10.2. The van der Waals surface area contributed by atoms with Gasteiger partial charge >= 0.3 is 0 Å². The van der Waals surface area contributed by atoms with E-state index in [1.807, 2.05) is 19.1 Å². The standard InChI is InChI=1S/C17H14ClN5O2/c1-9-16-12(10-2-4-11(24)5-3-10)8-15(25)19-17(16)23(22-9)14-7-6-13(18)20-21-14/h2-7,12,24H,8H2,1H3,(H,19,25)/t12-/m1/s1. The van der Waals surface area contributed by atoms with Gasteiger partial charge in [-0.1, -0.05) is 23.7 Å². The van der Waals surface area contributed by atoms with E-state index in [1.54, 1.807) is 28.9 Å². The number of nitrogens with one attached hydrogen (secondary N) is 1. The van der Waals surface area contributed by atoms with E-state index in [-0.39, 0.29) is 22.7 Å². The molecule has 2 N–H and O–H groups in total. The highest BCUT2D eigenvalue weighted by atomic mass is 35.5. The van der Waals surface area contributed by atoms with E-state index >= 15 is 0 Å². The first kappa shape index (κ1) is 15.6. The smallest absolute Gasteiger partial charge is 0.226 e. The van der Waals surface area contributed by atoms with E-state index in [4.69, 9.17) is 11.6 Å². The van der Waals surface area contributed by atoms with Crippen molar-refractivity contribution in [2.24, 2.45) is 0 Å². The predicted molar refractivity (Wildman–Crippen MR) is 92.1 cm³/mol. The topological polar surface area (TPSA) is 92.9 Å². The molecular formula is C17H14ClN5O2. The van der Waals surface area contributed by atoms with E-state index in [9.17, 15) is 9.90 Å². The molecule has 2 aromatic heterocycles. The zero-order chi connectivity index (χ0) is 17.6. The van der Waals surface area contributed by atoms with Gasteiger partial charge in [0.25, 0.3) is 0 Å². The summed E-state index contributed by atoms with van der Waals surface area (Å²) >= 11 is 5.79. The molecule has 0 aliphatic carbocycles. The third-order valence-electron chi connectivity index (χ3n) is 4.23. The van der Waals surface area contributed by atoms with E-state index < -0.39 is 0 Å². The number of hydrogen-bond acceptors (Lipinski definition) is 5. The lowest BCUT2D eigenvalue weighted by molar-refractivity contribution is -0.116. The number of aryl methyl sites for hydroxylation is 1. The van der Waals surface area contributed by atoms with Gasteiger partial charge in [0.15, 0.2) is 11.0 Å². The highest BCUT2D eigenvalue weighted by molar-refractivity contribution is 6.29. The van der Waals surface area contributed by atoms with Crippen LogP contribution in [0.15, 0.2) is 36.4 Å². The van der Waals surface area contributed by atoms with E-state index in [1.165, 1.54) is 0 Å². The number of amides is 1. The van der Waals surface area contributed by atoms with Gasteiger partial charge in [-0.05, 0) is 36.8 Å². The number of aromatic hydroxyl groups is 1. The van der Waals surface area contributed by atoms with Crippen LogP contribution < -0.4 is 5.32 Å². The third-order valence-corrected chi connectivity index (χ3v) is 4.43. The molecule has 126 valence electrons. The van der Waals surface area contributed by atoms with E-state index in [2.05, 4.69) is 20.6 Å². The fourth-order valence-corrected chi connectivity index (χ4v) is 3.23. The monoisotopic (exact) mass is 355 g/mol. The molecule has 0 bridgehead atoms. The Morgan fingerprint density at radius 1 is 1.20 bits per heavy atom. The second-order valence-corrected chi connectivity index (χ2v) is 6.26. The summed E-state index contributed by atoms with van der Waals surface area (Å²) in [6.07, 6.45) is 0.316. The SMILES string of the molecule is Cc1nn(-c2ccc(Cl)nn2)c2c1[C@@H](c1ccc(O)cc1)CC(=O)N2. The van der Waals surface area contributed by atoms with E-state index in [0.29, 0.717) is 18.1 Å². The molecule has 0 radical (unpaired) electrons. The molecular weight excluding hydrogens is 342 g/mol. The largest absolute Gasteiger partial charge is 0.508 e. The Morgan fingerprint density at radius 2 is 1.96 bits per heavy atom. The van der Waals surface area contributed by atoms with Crippen LogP contribution in [0.5, 0.6) is 5.75 Å². The average Bonchev–Trinajstić information content (AvgIpc) is 2.92. The van der Waals surface area contributed by atoms with Crippen molar-refractivity contribution in [2.75, 3.05) is 5.32 Å². The molecule has 1 aromatic carbocycles. The highest BCUT2D eigenvalue weighted by Gasteiger charge is 2.32. The second kappa shape index (κ2) is 5.86. The molecule has 1 atom stereocenters. The first-order chi connectivity index (χ1) is 12.0. The van der Waals surface area contributed by atoms with Crippen molar-refractivity contribution >= 4 is 23.3 Å². The van der Waals surface area contributed by atoms with Crippen LogP contribution in [0, 0.1) is 6.92 Å². The number of carbonyl (C=O) groups is 1. The van der Waals surface area contributed by atoms with Crippen molar-refractivity contribution in [3.05, 3.63) is 58.4 Å². The number of phenolic OH excluding ortho intramolecular Hbond substituents is 1. The molecule has 1 aliphatic rings. The number of hydrogen-bond donors (Lipinski definition) is 2. The van der Waals surface area contributed by atoms with Crippen LogP contribution in [-0.2, 0) is 4.79 Å². The van der Waals surface area contributed by atoms with Gasteiger partial charge in [0, 0.05) is 17.9 Å². The fraction of sp³-hybridized carbons (Fsp3) is 0.176. The number of anilines is 1. The number of phenols is 1. The van der Waals surface area contributed by atoms with Crippen LogP contribution in [0.25, 0.3) is 5.82 Å². The van der Waals surface area contributed by atoms with Crippen molar-refractivity contribution in [3.63, 3.8) is 0 Å². The van der Waals surface area contributed by atoms with Crippen molar-refractivity contribution in [2.45, 2.75) is 19.3 Å². The lowest BCUT2D eigenvalue weighted by Gasteiger charge is -2.24. The minimum Gasteiger partial charge on any atom is -0.508 e. The fourth-order valence-electron chi connectivity index (χ4n) is 3.13. The molecule has 0 fully saturated rings. The normalized spacial score (nSPS) is 16.4. The minimum atomic E-state index is -0.140. The van der Waals surface area contributed by atoms with Crippen LogP contribution in [0.1, 0.15) is 29.2 Å². The lowest BCUT2D eigenvalue weighted by Crippen LogP contribution is -2.25. The van der Waals surface area contributed by atoms with Gasteiger partial charge in [0.2, 0.25) is 5.91 Å². The maximum Gasteiger partial charge on any atom is 0.226 e. The third kappa shape index (κ3) is 2.72. The molecule has 7 nitrogen and oxygen atoms in total. The minimum absolute atomic E-state index is 0.103. The lowest BCUT2D eigenvalue weighted by atomic mass is 9.86. The van der Waals surface area contributed by atoms with Gasteiger partial charge in [-0.15, -0.1) is 10.2 Å². The van der Waals surface area contributed by atoms with Crippen LogP contribution in [0.4, 0.5) is 5.82 Å². The molecule has 0 saturated heterocycles. The zero-order valence-corrected chi connectivity index (χ0v) is 14.0. The summed E-state index contributed by atoms with van der Waals surface area (Å²) in [5, 5.41) is 25.1. The molecule has 0 unspecified atom stereocenters. The Labute approximate surface area is 148 Å². The van der Waals surface area contributed by atoms with Crippen LogP contribution in [-0.4, -0.2) is 31.0 Å². The number of rotatable bonds is 2. The number of carbonyl (C=O) groups excluding carboxylic acids is 1. The van der Waals surface area contributed by atoms with Crippen LogP contribution >= 0.6 is 11.6 Å². The van der Waals surface area contributed by atoms with Gasteiger partial charge < -0.3 is 10.4 Å². The molecule has 8 heteroatoms. The average molecular weight is 356 g/mol. The summed E-state index contributed by atoms with van der Waals surface area (Å²) in [4.78, 5) is 12.3. The number of halogens is 1. The van der Waals surface area contributed by atoms with Crippen molar-refractivity contribution in [1.82, 2.24) is 20.0 Å². The number of benzene rings is 1. The molecule has 3 heterocycles. The zero-order valence-electron chi connectivity index (χ0n) is 13.3. The van der Waals surface area contributed by atoms with Crippen molar-refractivity contribution in [1.29, 1.82) is 0 Å². The molecule has 4 rings (SSSR count). The second-order valence-electron chi connectivity index (χ2n) is 5.87. The summed E-state index contributed by atoms with van der Waals surface area (Å²) in [6.45, 7) is 1.89. The van der Waals surface area contributed by atoms with Crippen molar-refractivity contribution < 1.29 is 9.90 Å². The maximum absolute atomic E-state index is 12.3. The quantitative estimate of drug-likeness (QED) is 0.737. The summed E-state index contributed by atoms with van der Waals surface area (Å²) in [5.74, 6) is 1.00. The summed E-state index contributed by atoms with van der Waals surface area (Å²) in [7, 11) is 0. The predicted octanol–water partition coefficient (Wildman–Crippen LogP) is 2.80. The first-order valence-corrected chi connectivity index (χ1v) is 8.08. The van der Waals surface area contributed by atoms with Crippen LogP contribution in [0.2, 0.25) is 5.15 Å². The molecule has 0 spiro atoms. The molecule has 1 amide bonds. The van der Waals surface area contributed by atoms with Crippen molar-refractivity contribution in [3.8, 4) is 11.6 Å². The summed E-state index contributed by atoms with van der Waals surface area (Å²) < 4.78 is 1.57. The molecule has 3 aromatic rings. The maximum atomic E-state index is 12.3. The Kier molecular flexibility index (Phi) is 3.65. The Bertz CT molecular complexity index is 950. The number of aromatic nitrogens is 4. The van der Waals surface area contributed by atoms with Gasteiger partial charge in [-0.25, -0.2) is 0 Å². The highest BCUT2D eigenvalue weighted by Crippen LogP contribution is 2.40. The molecule has 25 heavy (non-hydrogen) atoms. The number of nitrogens with zero attached hydrogens (tertiary/aromatic N) is 4. The van der Waals surface area contributed by atoms with Gasteiger partial charge in [-0.2, -0.15) is 9.78 Å². The van der Waals surface area contributed by atoms with Gasteiger partial charge in [-0.3, -0.25) is 4.79 Å². The van der Waals surface area contributed by atoms with Gasteiger partial charge in [0.05, 0.1) is 5.69 Å². The first-order valence-electron chi connectivity index (χ1n) is 7.71. The van der Waals surface area contributed by atoms with E-state index in [0.717, 1.165) is 16.8 Å². The Hall–Kier alpha value is -2.93. The molecule has 1 aliphatic heterocycles. The molecule has 0 saturated carbocycles. The van der Waals surface area contributed by atoms with Crippen LogP contribution in [0.3, 0.4) is 0 Å². The summed E-state index contributed by atoms with van der Waals surface area (Å²) in [5.41, 5.74) is 2.67. The Balaban J connectivity index is 1.85. The Morgan fingerprint density at radius 3 is 2.64 bits per heavy atom. The van der Waals surface area contributed by atoms with Gasteiger partial charge in [0.1, 0.15) is 11.6 Å².